The minimum absolute atomic E-state index is 1.06. The fourth-order valence-electron chi connectivity index (χ4n) is 2.78. The minimum atomic E-state index is 1.06. The zero-order chi connectivity index (χ0) is 14.5. The topological polar surface area (TPSA) is 0 Å². The lowest BCUT2D eigenvalue weighted by atomic mass is 9.89. The molecule has 103 valence electrons. The average Bonchev–Trinajstić information content (AvgIpc) is 2.56. The number of rotatable bonds is 4. The third-order valence-electron chi connectivity index (χ3n) is 3.73. The van der Waals surface area contributed by atoms with Crippen molar-refractivity contribution in [3.8, 4) is 22.3 Å². The van der Waals surface area contributed by atoms with E-state index in [4.69, 9.17) is 0 Å². The molecule has 0 bridgehead atoms. The van der Waals surface area contributed by atoms with Gasteiger partial charge in [0, 0.05) is 0 Å². The molecule has 0 nitrogen and oxygen atoms in total. The van der Waals surface area contributed by atoms with Gasteiger partial charge in [0.25, 0.3) is 0 Å². The number of hydrogen-bond donors (Lipinski definition) is 0. The average molecular weight is 271 g/mol. The summed E-state index contributed by atoms with van der Waals surface area (Å²) >= 11 is 0. The van der Waals surface area contributed by atoms with E-state index in [0.29, 0.717) is 0 Å². The van der Waals surface area contributed by atoms with Gasteiger partial charge in [-0.3, -0.25) is 0 Å². The van der Waals surface area contributed by atoms with Gasteiger partial charge in [-0.1, -0.05) is 86.1 Å². The monoisotopic (exact) mass is 271 g/mol. The van der Waals surface area contributed by atoms with Crippen molar-refractivity contribution in [1.29, 1.82) is 0 Å². The SMILES string of the molecule is CCCc1[c]ccc(-c2ccccc2)c1-c1ccccc1. The molecule has 1 radical (unpaired) electrons. The summed E-state index contributed by atoms with van der Waals surface area (Å²) in [5.41, 5.74) is 6.47. The quantitative estimate of drug-likeness (QED) is 0.564. The van der Waals surface area contributed by atoms with E-state index >= 15 is 0 Å². The zero-order valence-electron chi connectivity index (χ0n) is 12.3. The highest BCUT2D eigenvalue weighted by molar-refractivity contribution is 5.85. The molecule has 0 aliphatic carbocycles. The van der Waals surface area contributed by atoms with E-state index in [1.54, 1.807) is 0 Å². The molecule has 3 aromatic carbocycles. The van der Waals surface area contributed by atoms with Gasteiger partial charge in [0.05, 0.1) is 0 Å². The van der Waals surface area contributed by atoms with Crippen LogP contribution in [0.4, 0.5) is 0 Å². The van der Waals surface area contributed by atoms with Crippen LogP contribution in [0.2, 0.25) is 0 Å². The van der Waals surface area contributed by atoms with Crippen LogP contribution in [-0.4, -0.2) is 0 Å². The van der Waals surface area contributed by atoms with Gasteiger partial charge >= 0.3 is 0 Å². The third-order valence-corrected chi connectivity index (χ3v) is 3.73. The van der Waals surface area contributed by atoms with Crippen molar-refractivity contribution in [2.45, 2.75) is 19.8 Å². The summed E-state index contributed by atoms with van der Waals surface area (Å²) in [7, 11) is 0. The summed E-state index contributed by atoms with van der Waals surface area (Å²) in [5, 5.41) is 0. The Morgan fingerprint density at radius 1 is 0.762 bits per heavy atom. The molecule has 3 rings (SSSR count). The first-order chi connectivity index (χ1) is 10.4. The third kappa shape index (κ3) is 2.90. The lowest BCUT2D eigenvalue weighted by molar-refractivity contribution is 0.922. The van der Waals surface area contributed by atoms with Crippen LogP contribution >= 0.6 is 0 Å². The zero-order valence-corrected chi connectivity index (χ0v) is 12.3. The molecule has 0 heterocycles. The molecular weight excluding hydrogens is 252 g/mol. The molecule has 0 saturated heterocycles. The van der Waals surface area contributed by atoms with Crippen molar-refractivity contribution in [3.63, 3.8) is 0 Å². The Balaban J connectivity index is 2.23. The molecule has 21 heavy (non-hydrogen) atoms. The summed E-state index contributed by atoms with van der Waals surface area (Å²) < 4.78 is 0. The van der Waals surface area contributed by atoms with Crippen molar-refractivity contribution in [2.24, 2.45) is 0 Å². The first-order valence-electron chi connectivity index (χ1n) is 7.54. The first-order valence-corrected chi connectivity index (χ1v) is 7.54. The number of benzene rings is 3. The Labute approximate surface area is 127 Å². The fraction of sp³-hybridized carbons (Fsp3) is 0.143. The molecule has 0 unspecified atom stereocenters. The van der Waals surface area contributed by atoms with Gasteiger partial charge in [-0.25, -0.2) is 0 Å². The first kappa shape index (κ1) is 13.6. The Morgan fingerprint density at radius 2 is 1.38 bits per heavy atom. The van der Waals surface area contributed by atoms with Crippen molar-refractivity contribution < 1.29 is 0 Å². The van der Waals surface area contributed by atoms with Gasteiger partial charge in [0.2, 0.25) is 0 Å². The Kier molecular flexibility index (Phi) is 4.16. The van der Waals surface area contributed by atoms with Crippen molar-refractivity contribution in [2.75, 3.05) is 0 Å². The maximum absolute atomic E-state index is 3.45. The summed E-state index contributed by atoms with van der Waals surface area (Å²) in [6.45, 7) is 2.22. The molecule has 0 saturated carbocycles. The summed E-state index contributed by atoms with van der Waals surface area (Å²) in [4.78, 5) is 0. The van der Waals surface area contributed by atoms with E-state index in [1.165, 1.54) is 27.8 Å². The molecular formula is C21H19. The Morgan fingerprint density at radius 3 is 2.00 bits per heavy atom. The molecule has 3 aromatic rings. The van der Waals surface area contributed by atoms with Crippen LogP contribution in [0.1, 0.15) is 18.9 Å². The molecule has 0 N–H and O–H groups in total. The van der Waals surface area contributed by atoms with Gasteiger partial charge in [0.1, 0.15) is 0 Å². The molecule has 0 aromatic heterocycles. The second-order valence-electron chi connectivity index (χ2n) is 5.23. The van der Waals surface area contributed by atoms with Crippen molar-refractivity contribution in [1.82, 2.24) is 0 Å². The van der Waals surface area contributed by atoms with E-state index in [2.05, 4.69) is 85.8 Å². The predicted molar refractivity (Wildman–Crippen MR) is 90.1 cm³/mol. The number of aryl methyl sites for hydroxylation is 1. The van der Waals surface area contributed by atoms with Gasteiger partial charge in [0.15, 0.2) is 0 Å². The van der Waals surface area contributed by atoms with Gasteiger partial charge < -0.3 is 0 Å². The lowest BCUT2D eigenvalue weighted by Gasteiger charge is -2.15. The highest BCUT2D eigenvalue weighted by atomic mass is 14.1. The second kappa shape index (κ2) is 6.41. The summed E-state index contributed by atoms with van der Waals surface area (Å²) in [5.74, 6) is 0. The predicted octanol–water partition coefficient (Wildman–Crippen LogP) is 5.77. The van der Waals surface area contributed by atoms with E-state index in [0.717, 1.165) is 12.8 Å². The van der Waals surface area contributed by atoms with Crippen LogP contribution < -0.4 is 0 Å². The van der Waals surface area contributed by atoms with Crippen LogP contribution in [0.5, 0.6) is 0 Å². The molecule has 0 heteroatoms. The Bertz CT molecular complexity index is 697. The van der Waals surface area contributed by atoms with E-state index in [1.807, 2.05) is 0 Å². The van der Waals surface area contributed by atoms with E-state index in [-0.39, 0.29) is 0 Å². The highest BCUT2D eigenvalue weighted by Crippen LogP contribution is 2.35. The molecule has 0 aliphatic rings. The second-order valence-corrected chi connectivity index (χ2v) is 5.23. The summed E-state index contributed by atoms with van der Waals surface area (Å²) in [6.07, 6.45) is 2.19. The van der Waals surface area contributed by atoms with Gasteiger partial charge in [-0.05, 0) is 40.3 Å². The van der Waals surface area contributed by atoms with Crippen LogP contribution in [0, 0.1) is 6.07 Å². The van der Waals surface area contributed by atoms with Crippen LogP contribution in [0.3, 0.4) is 0 Å². The molecule has 0 atom stereocenters. The number of hydrogen-bond acceptors (Lipinski definition) is 0. The van der Waals surface area contributed by atoms with Crippen LogP contribution in [0.25, 0.3) is 22.3 Å². The minimum Gasteiger partial charge on any atom is -0.0651 e. The molecule has 0 aliphatic heterocycles. The molecule has 0 fully saturated rings. The maximum atomic E-state index is 3.45. The van der Waals surface area contributed by atoms with Crippen molar-refractivity contribution in [3.05, 3.63) is 84.4 Å². The van der Waals surface area contributed by atoms with Crippen LogP contribution in [-0.2, 0) is 6.42 Å². The van der Waals surface area contributed by atoms with Crippen molar-refractivity contribution >= 4 is 0 Å². The van der Waals surface area contributed by atoms with Gasteiger partial charge in [-0.2, -0.15) is 0 Å². The Hall–Kier alpha value is -2.34. The van der Waals surface area contributed by atoms with Crippen LogP contribution in [0.15, 0.2) is 72.8 Å². The van der Waals surface area contributed by atoms with Gasteiger partial charge in [-0.15, -0.1) is 0 Å². The largest absolute Gasteiger partial charge is 0.0651 e. The highest BCUT2D eigenvalue weighted by Gasteiger charge is 2.11. The normalized spacial score (nSPS) is 10.5. The maximum Gasteiger partial charge on any atom is -0.00671 e. The molecule has 0 amide bonds. The lowest BCUT2D eigenvalue weighted by Crippen LogP contribution is -1.93. The van der Waals surface area contributed by atoms with E-state index in [9.17, 15) is 0 Å². The van der Waals surface area contributed by atoms with E-state index < -0.39 is 0 Å². The fourth-order valence-corrected chi connectivity index (χ4v) is 2.78. The molecule has 0 spiro atoms. The standard InChI is InChI=1S/C21H19/c1-2-10-18-15-9-16-20(17-11-5-3-6-12-17)21(18)19-13-7-4-8-14-19/h3-9,11-14,16H,2,10H2,1H3. The summed E-state index contributed by atoms with van der Waals surface area (Å²) in [6, 6.07) is 28.9. The smallest absolute Gasteiger partial charge is 0.00671 e.